The number of rotatable bonds is 3. The number of likely N-dealkylation sites (N-methyl/N-ethyl adjacent to an activating group) is 1. The molecule has 4 heteroatoms. The van der Waals surface area contributed by atoms with Crippen LogP contribution in [0.1, 0.15) is 35.7 Å². The van der Waals surface area contributed by atoms with Gasteiger partial charge < -0.3 is 10.2 Å². The van der Waals surface area contributed by atoms with E-state index < -0.39 is 5.82 Å². The molecule has 1 amide bonds. The third-order valence-corrected chi connectivity index (χ3v) is 3.74. The van der Waals surface area contributed by atoms with Gasteiger partial charge in [0.15, 0.2) is 0 Å². The molecule has 1 heterocycles. The van der Waals surface area contributed by atoms with Crippen LogP contribution in [0.15, 0.2) is 18.2 Å². The number of nitrogens with one attached hydrogen (secondary N) is 1. The molecule has 0 radical (unpaired) electrons. The molecule has 0 aromatic heterocycles. The first-order valence-corrected chi connectivity index (χ1v) is 6.92. The topological polar surface area (TPSA) is 32.3 Å². The Morgan fingerprint density at radius 1 is 1.53 bits per heavy atom. The monoisotopic (exact) mass is 264 g/mol. The summed E-state index contributed by atoms with van der Waals surface area (Å²) >= 11 is 0. The highest BCUT2D eigenvalue weighted by Gasteiger charge is 2.26. The Balaban J connectivity index is 2.22. The maximum absolute atomic E-state index is 14.1. The Labute approximate surface area is 113 Å². The molecule has 2 rings (SSSR count). The Morgan fingerprint density at radius 2 is 2.32 bits per heavy atom. The first kappa shape index (κ1) is 14.0. The van der Waals surface area contributed by atoms with Crippen molar-refractivity contribution >= 4 is 5.91 Å². The molecule has 1 atom stereocenters. The Hall–Kier alpha value is -1.42. The van der Waals surface area contributed by atoms with Crippen LogP contribution in [0.25, 0.3) is 0 Å². The number of benzene rings is 1. The van der Waals surface area contributed by atoms with Gasteiger partial charge in [0.2, 0.25) is 0 Å². The standard InChI is InChI=1S/C15H21FN2O/c1-3-18(12-7-5-9-17-10-12)15(19)13-8-4-6-11(2)14(13)16/h4,6,8,12,17H,3,5,7,9-10H2,1-2H3. The van der Waals surface area contributed by atoms with Crippen LogP contribution >= 0.6 is 0 Å². The fraction of sp³-hybridized carbons (Fsp3) is 0.533. The van der Waals surface area contributed by atoms with Gasteiger partial charge in [-0.15, -0.1) is 0 Å². The van der Waals surface area contributed by atoms with Crippen LogP contribution < -0.4 is 5.32 Å². The molecule has 0 spiro atoms. The maximum Gasteiger partial charge on any atom is 0.257 e. The molecule has 1 saturated heterocycles. The number of carbonyl (C=O) groups excluding carboxylic acids is 1. The van der Waals surface area contributed by atoms with Crippen molar-refractivity contribution < 1.29 is 9.18 Å². The summed E-state index contributed by atoms with van der Waals surface area (Å²) in [5.74, 6) is -0.591. The van der Waals surface area contributed by atoms with E-state index in [1.165, 1.54) is 0 Å². The minimum Gasteiger partial charge on any atom is -0.335 e. The van der Waals surface area contributed by atoms with Crippen LogP contribution in [0.4, 0.5) is 4.39 Å². The second-order valence-corrected chi connectivity index (χ2v) is 5.03. The Morgan fingerprint density at radius 3 is 2.95 bits per heavy atom. The molecule has 0 saturated carbocycles. The number of carbonyl (C=O) groups is 1. The lowest BCUT2D eigenvalue weighted by Crippen LogP contribution is -2.48. The summed E-state index contributed by atoms with van der Waals surface area (Å²) in [6.07, 6.45) is 2.05. The van der Waals surface area contributed by atoms with E-state index in [1.807, 2.05) is 6.92 Å². The molecule has 1 aromatic rings. The maximum atomic E-state index is 14.1. The predicted octanol–water partition coefficient (Wildman–Crippen LogP) is 2.35. The van der Waals surface area contributed by atoms with E-state index in [0.717, 1.165) is 25.9 Å². The van der Waals surface area contributed by atoms with Crippen LogP contribution in [0, 0.1) is 12.7 Å². The van der Waals surface area contributed by atoms with Crippen molar-refractivity contribution in [1.82, 2.24) is 10.2 Å². The highest BCUT2D eigenvalue weighted by atomic mass is 19.1. The number of hydrogen-bond acceptors (Lipinski definition) is 2. The molecular formula is C15H21FN2O. The molecule has 1 aliphatic heterocycles. The zero-order chi connectivity index (χ0) is 13.8. The smallest absolute Gasteiger partial charge is 0.257 e. The van der Waals surface area contributed by atoms with Crippen LogP contribution in [0.5, 0.6) is 0 Å². The third kappa shape index (κ3) is 2.95. The Kier molecular flexibility index (Phi) is 4.53. The van der Waals surface area contributed by atoms with Gasteiger partial charge in [-0.3, -0.25) is 4.79 Å². The van der Waals surface area contributed by atoms with Crippen LogP contribution in [0.2, 0.25) is 0 Å². The van der Waals surface area contributed by atoms with Crippen molar-refractivity contribution in [3.05, 3.63) is 35.1 Å². The number of piperidine rings is 1. The van der Waals surface area contributed by atoms with Crippen molar-refractivity contribution in [2.45, 2.75) is 32.7 Å². The van der Waals surface area contributed by atoms with Crippen molar-refractivity contribution in [1.29, 1.82) is 0 Å². The fourth-order valence-electron chi connectivity index (χ4n) is 2.63. The molecule has 0 aliphatic carbocycles. The largest absolute Gasteiger partial charge is 0.335 e. The van der Waals surface area contributed by atoms with E-state index in [1.54, 1.807) is 30.0 Å². The van der Waals surface area contributed by atoms with Crippen LogP contribution in [-0.4, -0.2) is 36.5 Å². The van der Waals surface area contributed by atoms with Crippen molar-refractivity contribution in [3.8, 4) is 0 Å². The van der Waals surface area contributed by atoms with Gasteiger partial charge in [-0.05, 0) is 44.9 Å². The number of hydrogen-bond donors (Lipinski definition) is 1. The Bertz CT molecular complexity index is 455. The molecule has 3 nitrogen and oxygen atoms in total. The second kappa shape index (κ2) is 6.15. The van der Waals surface area contributed by atoms with Crippen LogP contribution in [-0.2, 0) is 0 Å². The van der Waals surface area contributed by atoms with Crippen molar-refractivity contribution in [2.24, 2.45) is 0 Å². The molecule has 104 valence electrons. The highest BCUT2D eigenvalue weighted by Crippen LogP contribution is 2.18. The first-order valence-electron chi connectivity index (χ1n) is 6.92. The molecule has 19 heavy (non-hydrogen) atoms. The minimum atomic E-state index is -0.394. The number of aryl methyl sites for hydroxylation is 1. The summed E-state index contributed by atoms with van der Waals surface area (Å²) in [5.41, 5.74) is 0.705. The minimum absolute atomic E-state index is 0.172. The van der Waals surface area contributed by atoms with E-state index in [4.69, 9.17) is 0 Å². The summed E-state index contributed by atoms with van der Waals surface area (Å²) in [6, 6.07) is 5.17. The molecule has 1 aromatic carbocycles. The predicted molar refractivity (Wildman–Crippen MR) is 73.7 cm³/mol. The number of nitrogens with zero attached hydrogens (tertiary/aromatic N) is 1. The van der Waals surface area contributed by atoms with Crippen molar-refractivity contribution in [3.63, 3.8) is 0 Å². The quantitative estimate of drug-likeness (QED) is 0.909. The molecular weight excluding hydrogens is 243 g/mol. The number of amides is 1. The zero-order valence-electron chi connectivity index (χ0n) is 11.6. The molecule has 1 N–H and O–H groups in total. The van der Waals surface area contributed by atoms with Gasteiger partial charge in [0.1, 0.15) is 5.82 Å². The van der Waals surface area contributed by atoms with E-state index in [-0.39, 0.29) is 17.5 Å². The normalized spacial score (nSPS) is 19.2. The summed E-state index contributed by atoms with van der Waals surface area (Å²) in [6.45, 7) is 6.04. The van der Waals surface area contributed by atoms with E-state index in [0.29, 0.717) is 12.1 Å². The lowest BCUT2D eigenvalue weighted by atomic mass is 10.0. The first-order chi connectivity index (χ1) is 9.15. The van der Waals surface area contributed by atoms with Gasteiger partial charge in [-0.1, -0.05) is 12.1 Å². The average molecular weight is 264 g/mol. The van der Waals surface area contributed by atoms with Gasteiger partial charge in [-0.2, -0.15) is 0 Å². The van der Waals surface area contributed by atoms with E-state index in [9.17, 15) is 9.18 Å². The van der Waals surface area contributed by atoms with E-state index in [2.05, 4.69) is 5.32 Å². The molecule has 1 unspecified atom stereocenters. The zero-order valence-corrected chi connectivity index (χ0v) is 11.6. The van der Waals surface area contributed by atoms with Gasteiger partial charge in [0, 0.05) is 19.1 Å². The molecule has 1 aliphatic rings. The average Bonchev–Trinajstić information content (AvgIpc) is 2.44. The molecule has 1 fully saturated rings. The summed E-state index contributed by atoms with van der Waals surface area (Å²) in [7, 11) is 0. The summed E-state index contributed by atoms with van der Waals surface area (Å²) in [5, 5.41) is 3.29. The molecule has 0 bridgehead atoms. The summed E-state index contributed by atoms with van der Waals surface area (Å²) in [4.78, 5) is 14.3. The fourth-order valence-corrected chi connectivity index (χ4v) is 2.63. The van der Waals surface area contributed by atoms with Gasteiger partial charge >= 0.3 is 0 Å². The third-order valence-electron chi connectivity index (χ3n) is 3.74. The van der Waals surface area contributed by atoms with Gasteiger partial charge in [0.05, 0.1) is 5.56 Å². The van der Waals surface area contributed by atoms with Crippen LogP contribution in [0.3, 0.4) is 0 Å². The lowest BCUT2D eigenvalue weighted by Gasteiger charge is -2.34. The van der Waals surface area contributed by atoms with E-state index >= 15 is 0 Å². The lowest BCUT2D eigenvalue weighted by molar-refractivity contribution is 0.0657. The highest BCUT2D eigenvalue weighted by molar-refractivity contribution is 5.95. The second-order valence-electron chi connectivity index (χ2n) is 5.03. The SMILES string of the molecule is CCN(C(=O)c1cccc(C)c1F)C1CCCNC1. The van der Waals surface area contributed by atoms with Gasteiger partial charge in [0.25, 0.3) is 5.91 Å². The number of halogens is 1. The van der Waals surface area contributed by atoms with Gasteiger partial charge in [-0.25, -0.2) is 4.39 Å². The van der Waals surface area contributed by atoms with Crippen molar-refractivity contribution in [2.75, 3.05) is 19.6 Å². The summed E-state index contributed by atoms with van der Waals surface area (Å²) < 4.78 is 14.1.